The Balaban J connectivity index is 1.56. The van der Waals surface area contributed by atoms with Crippen molar-refractivity contribution in [1.29, 1.82) is 0 Å². The summed E-state index contributed by atoms with van der Waals surface area (Å²) in [5.74, 6) is 0.126. The van der Waals surface area contributed by atoms with E-state index < -0.39 is 0 Å². The summed E-state index contributed by atoms with van der Waals surface area (Å²) in [5.41, 5.74) is 3.61. The van der Waals surface area contributed by atoms with Crippen LogP contribution >= 0.6 is 0 Å². The van der Waals surface area contributed by atoms with Crippen molar-refractivity contribution in [3.8, 4) is 0 Å². The second-order valence-corrected chi connectivity index (χ2v) is 8.38. The van der Waals surface area contributed by atoms with E-state index in [1.165, 1.54) is 31.4 Å². The molecule has 1 saturated heterocycles. The van der Waals surface area contributed by atoms with Gasteiger partial charge < -0.3 is 10.2 Å². The number of benzene rings is 1. The number of imidazole rings is 1. The van der Waals surface area contributed by atoms with E-state index in [4.69, 9.17) is 5.10 Å². The predicted molar refractivity (Wildman–Crippen MR) is 126 cm³/mol. The number of amides is 1. The maximum absolute atomic E-state index is 13.6. The highest BCUT2D eigenvalue weighted by Crippen LogP contribution is 2.32. The molecule has 2 aliphatic rings. The quantitative estimate of drug-likeness (QED) is 0.445. The molecule has 5 rings (SSSR count). The van der Waals surface area contributed by atoms with Crippen LogP contribution in [0, 0.1) is 5.82 Å². The second-order valence-electron chi connectivity index (χ2n) is 8.38. The fraction of sp³-hybridized carbons (Fsp3) is 0.333. The zero-order chi connectivity index (χ0) is 22.8. The van der Waals surface area contributed by atoms with Crippen molar-refractivity contribution < 1.29 is 9.18 Å². The molecule has 33 heavy (non-hydrogen) atoms. The lowest BCUT2D eigenvalue weighted by Crippen LogP contribution is -2.51. The highest BCUT2D eigenvalue weighted by Gasteiger charge is 2.30. The smallest absolute Gasteiger partial charge is 0.212 e. The van der Waals surface area contributed by atoms with Gasteiger partial charge in [0.1, 0.15) is 11.5 Å². The number of hydrogen-bond donors (Lipinski definition) is 1. The number of fused-ring (bicyclic) bond motifs is 1. The van der Waals surface area contributed by atoms with Gasteiger partial charge in [0, 0.05) is 37.8 Å². The monoisotopic (exact) mass is 447 g/mol. The van der Waals surface area contributed by atoms with Crippen LogP contribution in [-0.4, -0.2) is 69.7 Å². The second kappa shape index (κ2) is 9.11. The first-order valence-corrected chi connectivity index (χ1v) is 11.2. The zero-order valence-electron chi connectivity index (χ0n) is 18.3. The maximum Gasteiger partial charge on any atom is 0.212 e. The Morgan fingerprint density at radius 3 is 2.52 bits per heavy atom. The van der Waals surface area contributed by atoms with Crippen LogP contribution in [0.1, 0.15) is 30.5 Å². The fourth-order valence-electron chi connectivity index (χ4n) is 4.54. The minimum Gasteiger partial charge on any atom is -0.365 e. The Bertz CT molecular complexity index is 1190. The third kappa shape index (κ3) is 4.23. The number of aromatic nitrogens is 3. The fourth-order valence-corrected chi connectivity index (χ4v) is 4.54. The van der Waals surface area contributed by atoms with Crippen LogP contribution in [0.3, 0.4) is 0 Å². The minimum absolute atomic E-state index is 0.300. The van der Waals surface area contributed by atoms with E-state index >= 15 is 0 Å². The Hall–Kier alpha value is -3.59. The molecule has 8 nitrogen and oxygen atoms in total. The summed E-state index contributed by atoms with van der Waals surface area (Å²) in [6.45, 7) is 7.45. The van der Waals surface area contributed by atoms with E-state index in [0.29, 0.717) is 35.3 Å². The molecule has 0 bridgehead atoms. The van der Waals surface area contributed by atoms with E-state index in [9.17, 15) is 9.18 Å². The van der Waals surface area contributed by atoms with E-state index in [2.05, 4.69) is 31.8 Å². The van der Waals surface area contributed by atoms with Crippen molar-refractivity contribution >= 4 is 36.0 Å². The average Bonchev–Trinajstić information content (AvgIpc) is 3.20. The normalized spacial score (nSPS) is 18.0. The van der Waals surface area contributed by atoms with Gasteiger partial charge in [-0.1, -0.05) is 6.42 Å². The van der Waals surface area contributed by atoms with E-state index in [0.717, 1.165) is 37.4 Å². The molecule has 3 aromatic rings. The highest BCUT2D eigenvalue weighted by atomic mass is 19.1. The molecule has 1 aliphatic carbocycles. The number of piperazine rings is 1. The van der Waals surface area contributed by atoms with Crippen LogP contribution in [0.2, 0.25) is 0 Å². The van der Waals surface area contributed by atoms with Crippen molar-refractivity contribution in [2.75, 3.05) is 31.5 Å². The molecule has 170 valence electrons. The summed E-state index contributed by atoms with van der Waals surface area (Å²) in [5, 5.41) is 7.33. The van der Waals surface area contributed by atoms with Crippen molar-refractivity contribution in [3.05, 3.63) is 59.7 Å². The average molecular weight is 448 g/mol. The number of carbonyl (C=O) groups is 1. The molecule has 1 amide bonds. The molecule has 2 aromatic heterocycles. The molecule has 2 fully saturated rings. The van der Waals surface area contributed by atoms with Gasteiger partial charge in [-0.05, 0) is 56.0 Å². The summed E-state index contributed by atoms with van der Waals surface area (Å²) in [6.07, 6.45) is 6.14. The molecule has 1 aliphatic heterocycles. The van der Waals surface area contributed by atoms with Gasteiger partial charge in [-0.3, -0.25) is 14.7 Å². The van der Waals surface area contributed by atoms with E-state index in [1.54, 1.807) is 22.8 Å². The molecule has 1 saturated carbocycles. The topological polar surface area (TPSA) is 78.1 Å². The minimum atomic E-state index is -0.300. The molecular formula is C24H26FN7O. The molecule has 1 aromatic carbocycles. The van der Waals surface area contributed by atoms with Gasteiger partial charge in [-0.15, -0.1) is 0 Å². The molecule has 0 spiro atoms. The summed E-state index contributed by atoms with van der Waals surface area (Å²) >= 11 is 0. The van der Waals surface area contributed by atoms with Gasteiger partial charge in [0.25, 0.3) is 0 Å². The molecule has 9 heteroatoms. The molecule has 0 atom stereocenters. The Morgan fingerprint density at radius 1 is 1.12 bits per heavy atom. The first-order chi connectivity index (χ1) is 16.2. The van der Waals surface area contributed by atoms with Crippen molar-refractivity contribution in [2.24, 2.45) is 4.99 Å². The third-order valence-corrected chi connectivity index (χ3v) is 6.49. The largest absolute Gasteiger partial charge is 0.365 e. The summed E-state index contributed by atoms with van der Waals surface area (Å²) in [7, 11) is 0. The first-order valence-electron chi connectivity index (χ1n) is 11.2. The number of carbonyl (C=O) groups excluding carboxylic acids is 1. The Kier molecular flexibility index (Phi) is 5.87. The summed E-state index contributed by atoms with van der Waals surface area (Å²) < 4.78 is 15.2. The summed E-state index contributed by atoms with van der Waals surface area (Å²) in [4.78, 5) is 24.4. The van der Waals surface area contributed by atoms with Gasteiger partial charge in [-0.25, -0.2) is 13.9 Å². The van der Waals surface area contributed by atoms with E-state index in [-0.39, 0.29) is 5.82 Å². The molecule has 3 heterocycles. The number of rotatable bonds is 7. The van der Waals surface area contributed by atoms with Crippen LogP contribution in [0.4, 0.5) is 10.2 Å². The SMILES string of the molecule is C=N/C(=C(/c1ccc2nc(NC=O)cn2n1)N1CCN(C2CCC2)CC1)c1ccc(F)cc1. The van der Waals surface area contributed by atoms with Crippen molar-refractivity contribution in [2.45, 2.75) is 25.3 Å². The van der Waals surface area contributed by atoms with Crippen LogP contribution in [0.25, 0.3) is 17.0 Å². The summed E-state index contributed by atoms with van der Waals surface area (Å²) in [6, 6.07) is 10.7. The predicted octanol–water partition coefficient (Wildman–Crippen LogP) is 3.13. The molecule has 0 radical (unpaired) electrons. The molecule has 1 N–H and O–H groups in total. The Morgan fingerprint density at radius 2 is 1.88 bits per heavy atom. The van der Waals surface area contributed by atoms with Gasteiger partial charge in [0.2, 0.25) is 6.41 Å². The number of nitrogens with zero attached hydrogens (tertiary/aromatic N) is 6. The molecular weight excluding hydrogens is 421 g/mol. The number of anilines is 1. The number of nitrogens with one attached hydrogen (secondary N) is 1. The Labute approximate surface area is 191 Å². The van der Waals surface area contributed by atoms with Crippen molar-refractivity contribution in [3.63, 3.8) is 0 Å². The lowest BCUT2D eigenvalue weighted by atomic mass is 9.91. The third-order valence-electron chi connectivity index (χ3n) is 6.49. The van der Waals surface area contributed by atoms with Crippen LogP contribution in [-0.2, 0) is 4.79 Å². The first kappa shape index (κ1) is 21.3. The molecule has 0 unspecified atom stereocenters. The maximum atomic E-state index is 13.6. The van der Waals surface area contributed by atoms with Crippen molar-refractivity contribution in [1.82, 2.24) is 24.4 Å². The van der Waals surface area contributed by atoms with Gasteiger partial charge in [0.15, 0.2) is 11.5 Å². The van der Waals surface area contributed by atoms with Crippen LogP contribution in [0.5, 0.6) is 0 Å². The van der Waals surface area contributed by atoms with Gasteiger partial charge in [0.05, 0.1) is 17.6 Å². The lowest BCUT2D eigenvalue weighted by Gasteiger charge is -2.44. The van der Waals surface area contributed by atoms with E-state index in [1.807, 2.05) is 12.1 Å². The van der Waals surface area contributed by atoms with Gasteiger partial charge >= 0.3 is 0 Å². The standard InChI is InChI=1S/C24H26FN7O/c1-26-23(17-5-7-18(25)8-6-17)24(31-13-11-30(12-14-31)19-3-2-4-19)20-9-10-22-28-21(27-16-33)15-32(22)29-20/h5-10,15-16,19H,1-4,11-14H2,(H,27,33)/b24-23-. The number of halogens is 1. The van der Waals surface area contributed by atoms with Crippen LogP contribution in [0.15, 0.2) is 47.6 Å². The van der Waals surface area contributed by atoms with Crippen LogP contribution < -0.4 is 5.32 Å². The number of aliphatic imine (C=N–C) groups is 1. The lowest BCUT2D eigenvalue weighted by molar-refractivity contribution is -0.105. The zero-order valence-corrected chi connectivity index (χ0v) is 18.3. The van der Waals surface area contributed by atoms with Gasteiger partial charge in [-0.2, -0.15) is 5.10 Å². The highest BCUT2D eigenvalue weighted by molar-refractivity contribution is 5.89. The number of hydrogen-bond acceptors (Lipinski definition) is 6.